The lowest BCUT2D eigenvalue weighted by molar-refractivity contribution is 0.622. The molecule has 6 nitrogen and oxygen atoms in total. The molecule has 0 amide bonds. The number of halogens is 1. The number of nitrogens with one attached hydrogen (secondary N) is 2. The topological polar surface area (TPSA) is 79.6 Å². The first-order valence-electron chi connectivity index (χ1n) is 4.50. The van der Waals surface area contributed by atoms with Gasteiger partial charge in [-0.1, -0.05) is 11.6 Å². The van der Waals surface area contributed by atoms with Crippen LogP contribution in [-0.2, 0) is 0 Å². The molecule has 80 valence electrons. The van der Waals surface area contributed by atoms with Gasteiger partial charge in [0.2, 0.25) is 5.95 Å². The number of anilines is 2. The highest BCUT2D eigenvalue weighted by Crippen LogP contribution is 2.23. The van der Waals surface area contributed by atoms with Crippen molar-refractivity contribution in [3.05, 3.63) is 29.5 Å². The minimum Gasteiger partial charge on any atom is -0.423 e. The third kappa shape index (κ3) is 1.59. The quantitative estimate of drug-likeness (QED) is 0.713. The summed E-state index contributed by atoms with van der Waals surface area (Å²) in [5.74, 6) is 0.470. The molecule has 2 N–H and O–H groups in total. The Morgan fingerprint density at radius 2 is 2.31 bits per heavy atom. The number of aromatic nitrogens is 4. The van der Waals surface area contributed by atoms with Crippen molar-refractivity contribution in [2.45, 2.75) is 0 Å². The van der Waals surface area contributed by atoms with Crippen LogP contribution in [-0.4, -0.2) is 20.2 Å². The maximum absolute atomic E-state index is 5.83. The van der Waals surface area contributed by atoms with Crippen LogP contribution in [0, 0.1) is 0 Å². The summed E-state index contributed by atoms with van der Waals surface area (Å²) >= 11 is 5.83. The van der Waals surface area contributed by atoms with Crippen molar-refractivity contribution in [3.8, 4) is 0 Å². The smallest absolute Gasteiger partial charge is 0.302 e. The van der Waals surface area contributed by atoms with Gasteiger partial charge in [-0.15, -0.1) is 10.2 Å². The number of nitrogens with zero attached hydrogens (tertiary/aromatic N) is 3. The molecular formula is C9H6ClN5O. The highest BCUT2D eigenvalue weighted by atomic mass is 35.5. The van der Waals surface area contributed by atoms with E-state index in [-0.39, 0.29) is 0 Å². The molecule has 0 unspecified atom stereocenters. The monoisotopic (exact) mass is 235 g/mol. The zero-order valence-corrected chi connectivity index (χ0v) is 8.69. The highest BCUT2D eigenvalue weighted by Gasteiger charge is 2.07. The lowest BCUT2D eigenvalue weighted by Gasteiger charge is -1.92. The molecule has 0 bridgehead atoms. The van der Waals surface area contributed by atoms with Gasteiger partial charge in [-0.25, -0.2) is 0 Å². The van der Waals surface area contributed by atoms with E-state index in [0.717, 1.165) is 5.52 Å². The van der Waals surface area contributed by atoms with Crippen LogP contribution in [0.5, 0.6) is 0 Å². The Kier molecular flexibility index (Phi) is 2.00. The van der Waals surface area contributed by atoms with Crippen LogP contribution in [0.1, 0.15) is 0 Å². The van der Waals surface area contributed by atoms with E-state index < -0.39 is 0 Å². The molecule has 7 heteroatoms. The fourth-order valence-corrected chi connectivity index (χ4v) is 1.48. The third-order valence-corrected chi connectivity index (χ3v) is 2.23. The summed E-state index contributed by atoms with van der Waals surface area (Å²) in [6, 6.07) is 5.58. The fraction of sp³-hybridized carbons (Fsp3) is 0. The Balaban J connectivity index is 1.99. The Labute approximate surface area is 94.7 Å². The van der Waals surface area contributed by atoms with Gasteiger partial charge >= 0.3 is 6.01 Å². The predicted molar refractivity (Wildman–Crippen MR) is 58.7 cm³/mol. The van der Waals surface area contributed by atoms with Gasteiger partial charge in [0.25, 0.3) is 0 Å². The number of hydrogen-bond donors (Lipinski definition) is 2. The lowest BCUT2D eigenvalue weighted by atomic mass is 10.3. The van der Waals surface area contributed by atoms with E-state index in [2.05, 4.69) is 25.5 Å². The summed E-state index contributed by atoms with van der Waals surface area (Å²) in [6.07, 6.45) is 1.46. The van der Waals surface area contributed by atoms with E-state index in [0.29, 0.717) is 22.6 Å². The van der Waals surface area contributed by atoms with Crippen LogP contribution in [0.25, 0.3) is 11.1 Å². The number of oxazole rings is 1. The zero-order chi connectivity index (χ0) is 11.0. The average Bonchev–Trinajstić information content (AvgIpc) is 2.86. The van der Waals surface area contributed by atoms with Crippen LogP contribution in [0.3, 0.4) is 0 Å². The second kappa shape index (κ2) is 3.49. The van der Waals surface area contributed by atoms with E-state index >= 15 is 0 Å². The number of benzene rings is 1. The number of hydrogen-bond acceptors (Lipinski definition) is 5. The Morgan fingerprint density at radius 3 is 3.12 bits per heavy atom. The standard InChI is InChI=1S/C9H6ClN5O/c10-5-1-2-6-7(3-5)16-9(13-6)14-8-11-4-12-15-8/h1-4H,(H2,11,12,13,14,15). The third-order valence-electron chi connectivity index (χ3n) is 1.99. The molecule has 0 fully saturated rings. The van der Waals surface area contributed by atoms with Crippen molar-refractivity contribution >= 4 is 34.7 Å². The van der Waals surface area contributed by atoms with E-state index in [1.54, 1.807) is 18.2 Å². The summed E-state index contributed by atoms with van der Waals surface area (Å²) in [5.41, 5.74) is 1.35. The molecular weight excluding hydrogens is 230 g/mol. The predicted octanol–water partition coefficient (Wildman–Crippen LogP) is 2.34. The van der Waals surface area contributed by atoms with E-state index in [1.165, 1.54) is 6.33 Å². The first kappa shape index (κ1) is 9.17. The Bertz CT molecular complexity index is 618. The van der Waals surface area contributed by atoms with Crippen molar-refractivity contribution in [3.63, 3.8) is 0 Å². The fourth-order valence-electron chi connectivity index (χ4n) is 1.32. The molecule has 0 saturated heterocycles. The molecule has 0 saturated carbocycles. The van der Waals surface area contributed by atoms with Gasteiger partial charge in [0, 0.05) is 11.1 Å². The van der Waals surface area contributed by atoms with Gasteiger partial charge in [-0.05, 0) is 12.1 Å². The van der Waals surface area contributed by atoms with Gasteiger partial charge in [-0.3, -0.25) is 5.32 Å². The van der Waals surface area contributed by atoms with Crippen molar-refractivity contribution < 1.29 is 4.42 Å². The molecule has 16 heavy (non-hydrogen) atoms. The van der Waals surface area contributed by atoms with Crippen LogP contribution < -0.4 is 5.32 Å². The van der Waals surface area contributed by atoms with Crippen LogP contribution in [0.4, 0.5) is 12.0 Å². The van der Waals surface area contributed by atoms with Crippen LogP contribution >= 0.6 is 11.6 Å². The first-order chi connectivity index (χ1) is 7.81. The zero-order valence-electron chi connectivity index (χ0n) is 7.94. The minimum atomic E-state index is 0.342. The minimum absolute atomic E-state index is 0.342. The molecule has 0 aliphatic heterocycles. The van der Waals surface area contributed by atoms with Gasteiger partial charge in [0.1, 0.15) is 11.8 Å². The molecule has 0 atom stereocenters. The number of rotatable bonds is 2. The summed E-state index contributed by atoms with van der Waals surface area (Å²) in [6.45, 7) is 0. The van der Waals surface area contributed by atoms with Crippen molar-refractivity contribution in [2.75, 3.05) is 5.32 Å². The number of H-pyrrole nitrogens is 1. The summed E-state index contributed by atoms with van der Waals surface area (Å²) in [5, 5.41) is 10.8. The maximum atomic E-state index is 5.83. The largest absolute Gasteiger partial charge is 0.423 e. The second-order valence-corrected chi connectivity index (χ2v) is 3.53. The normalized spacial score (nSPS) is 10.8. The Morgan fingerprint density at radius 1 is 1.38 bits per heavy atom. The highest BCUT2D eigenvalue weighted by molar-refractivity contribution is 6.31. The molecule has 3 aromatic rings. The molecule has 0 radical (unpaired) electrons. The average molecular weight is 236 g/mol. The summed E-state index contributed by atoms with van der Waals surface area (Å²) in [4.78, 5) is 6.99. The van der Waals surface area contributed by atoms with Crippen LogP contribution in [0.15, 0.2) is 28.9 Å². The molecule has 0 aliphatic rings. The summed E-state index contributed by atoms with van der Waals surface area (Å²) in [7, 11) is 0. The van der Waals surface area contributed by atoms with Gasteiger partial charge in [0.05, 0.1) is 0 Å². The number of aromatic amines is 1. The molecule has 1 aromatic carbocycles. The van der Waals surface area contributed by atoms with Gasteiger partial charge < -0.3 is 9.40 Å². The molecule has 0 aliphatic carbocycles. The van der Waals surface area contributed by atoms with Gasteiger partial charge in [0.15, 0.2) is 5.58 Å². The first-order valence-corrected chi connectivity index (χ1v) is 4.88. The maximum Gasteiger partial charge on any atom is 0.302 e. The molecule has 3 rings (SSSR count). The molecule has 0 spiro atoms. The SMILES string of the molecule is Clc1ccc2nc(Nc3nnc[nH]3)oc2c1. The Hall–Kier alpha value is -2.08. The van der Waals surface area contributed by atoms with Gasteiger partial charge in [-0.2, -0.15) is 4.98 Å². The summed E-state index contributed by atoms with van der Waals surface area (Å²) < 4.78 is 5.43. The molecule has 2 aromatic heterocycles. The van der Waals surface area contributed by atoms with Crippen LogP contribution in [0.2, 0.25) is 5.02 Å². The van der Waals surface area contributed by atoms with Crippen molar-refractivity contribution in [1.29, 1.82) is 0 Å². The van der Waals surface area contributed by atoms with Crippen molar-refractivity contribution in [1.82, 2.24) is 20.2 Å². The second-order valence-electron chi connectivity index (χ2n) is 3.09. The lowest BCUT2D eigenvalue weighted by Crippen LogP contribution is -1.91. The molecule has 2 heterocycles. The van der Waals surface area contributed by atoms with Crippen molar-refractivity contribution in [2.24, 2.45) is 0 Å². The van der Waals surface area contributed by atoms with E-state index in [1.807, 2.05) is 0 Å². The number of fused-ring (bicyclic) bond motifs is 1. The van der Waals surface area contributed by atoms with E-state index in [9.17, 15) is 0 Å². The van der Waals surface area contributed by atoms with E-state index in [4.69, 9.17) is 16.0 Å².